The van der Waals surface area contributed by atoms with Crippen LogP contribution < -0.4 is 10.2 Å². The van der Waals surface area contributed by atoms with Gasteiger partial charge in [-0.3, -0.25) is 4.79 Å². The molecule has 1 N–H and O–H groups in total. The van der Waals surface area contributed by atoms with E-state index >= 15 is 0 Å². The number of aryl methyl sites for hydroxylation is 2. The Kier molecular flexibility index (Phi) is 7.71. The van der Waals surface area contributed by atoms with Gasteiger partial charge in [-0.2, -0.15) is 4.99 Å². The van der Waals surface area contributed by atoms with Crippen LogP contribution in [-0.2, 0) is 25.8 Å². The number of nitrogens with zero attached hydrogens (tertiary/aromatic N) is 2. The second kappa shape index (κ2) is 10.5. The maximum absolute atomic E-state index is 13.6. The van der Waals surface area contributed by atoms with Crippen LogP contribution in [0, 0.1) is 13.8 Å². The fourth-order valence-corrected chi connectivity index (χ4v) is 8.59. The van der Waals surface area contributed by atoms with Crippen molar-refractivity contribution < 1.29 is 22.7 Å². The summed E-state index contributed by atoms with van der Waals surface area (Å²) in [6.07, 6.45) is -0.457. The molecule has 4 rings (SSSR count). The first-order valence-corrected chi connectivity index (χ1v) is 14.9. The summed E-state index contributed by atoms with van der Waals surface area (Å²) in [6.45, 7) is 9.19. The highest BCUT2D eigenvalue weighted by molar-refractivity contribution is 8.16. The van der Waals surface area contributed by atoms with Crippen LogP contribution in [0.15, 0.2) is 53.5 Å². The second-order valence-corrected chi connectivity index (χ2v) is 13.9. The standard InChI is InChI=1S/C27H33N3O5S2/c1-17-10-9-11-18(2)23(17)30-21-15-37(33,34)16-22(21)36-25(30)29-24(31)20(14-19-12-7-6-8-13-19)28-26(32)35-27(3,4)5/h6-13,20-22H,14-16H2,1-5H3,(H,28,32). The number of sulfone groups is 1. The number of anilines is 1. The Morgan fingerprint density at radius 1 is 1.08 bits per heavy atom. The van der Waals surface area contributed by atoms with E-state index in [1.54, 1.807) is 20.8 Å². The largest absolute Gasteiger partial charge is 0.444 e. The average molecular weight is 544 g/mol. The summed E-state index contributed by atoms with van der Waals surface area (Å²) < 4.78 is 30.3. The van der Waals surface area contributed by atoms with Crippen LogP contribution in [0.2, 0.25) is 0 Å². The van der Waals surface area contributed by atoms with Crippen molar-refractivity contribution >= 4 is 44.5 Å². The number of benzene rings is 2. The van der Waals surface area contributed by atoms with Gasteiger partial charge in [0.1, 0.15) is 11.6 Å². The molecule has 2 aliphatic rings. The van der Waals surface area contributed by atoms with Crippen molar-refractivity contribution in [1.29, 1.82) is 0 Å². The Morgan fingerprint density at radius 2 is 1.73 bits per heavy atom. The number of aliphatic imine (C=N–C) groups is 1. The minimum atomic E-state index is -3.19. The molecule has 3 unspecified atom stereocenters. The Bertz CT molecular complexity index is 1300. The van der Waals surface area contributed by atoms with E-state index in [4.69, 9.17) is 4.74 Å². The summed E-state index contributed by atoms with van der Waals surface area (Å²) in [7, 11) is -3.19. The summed E-state index contributed by atoms with van der Waals surface area (Å²) in [5, 5.41) is 2.93. The van der Waals surface area contributed by atoms with Gasteiger partial charge in [-0.25, -0.2) is 13.2 Å². The van der Waals surface area contributed by atoms with E-state index in [0.29, 0.717) is 5.17 Å². The number of hydrogen-bond donors (Lipinski definition) is 1. The van der Waals surface area contributed by atoms with Gasteiger partial charge in [0.25, 0.3) is 5.91 Å². The third kappa shape index (κ3) is 6.54. The number of rotatable bonds is 5. The Morgan fingerprint density at radius 3 is 2.35 bits per heavy atom. The SMILES string of the molecule is Cc1cccc(C)c1N1C(=NC(=O)C(Cc2ccccc2)NC(=O)OC(C)(C)C)SC2CS(=O)(=O)CC21. The number of fused-ring (bicyclic) bond motifs is 1. The third-order valence-electron chi connectivity index (χ3n) is 6.22. The number of thioether (sulfide) groups is 1. The van der Waals surface area contributed by atoms with Crippen LogP contribution in [-0.4, -0.2) is 60.0 Å². The van der Waals surface area contributed by atoms with E-state index in [2.05, 4.69) is 10.3 Å². The lowest BCUT2D eigenvalue weighted by Crippen LogP contribution is -2.45. The van der Waals surface area contributed by atoms with Gasteiger partial charge in [0.05, 0.1) is 17.5 Å². The molecule has 2 amide bonds. The monoisotopic (exact) mass is 543 g/mol. The summed E-state index contributed by atoms with van der Waals surface area (Å²) in [4.78, 5) is 32.6. The first-order chi connectivity index (χ1) is 17.3. The lowest BCUT2D eigenvalue weighted by molar-refractivity contribution is -0.119. The van der Waals surface area contributed by atoms with Gasteiger partial charge in [0.15, 0.2) is 15.0 Å². The average Bonchev–Trinajstić information content (AvgIpc) is 3.24. The molecule has 8 nitrogen and oxygen atoms in total. The Labute approximate surface area is 222 Å². The first-order valence-electron chi connectivity index (χ1n) is 12.2. The van der Waals surface area contributed by atoms with Crippen molar-refractivity contribution in [2.45, 2.75) is 64.0 Å². The van der Waals surface area contributed by atoms with Crippen LogP contribution in [0.3, 0.4) is 0 Å². The molecule has 0 saturated carbocycles. The summed E-state index contributed by atoms with van der Waals surface area (Å²) in [6, 6.07) is 14.0. The predicted octanol–water partition coefficient (Wildman–Crippen LogP) is 4.04. The van der Waals surface area contributed by atoms with Crippen LogP contribution in [0.1, 0.15) is 37.5 Å². The molecule has 2 heterocycles. The molecule has 0 spiro atoms. The highest BCUT2D eigenvalue weighted by Crippen LogP contribution is 2.43. The minimum Gasteiger partial charge on any atom is -0.444 e. The van der Waals surface area contributed by atoms with Crippen molar-refractivity contribution in [2.24, 2.45) is 4.99 Å². The zero-order valence-corrected chi connectivity index (χ0v) is 23.4. The number of carbonyl (C=O) groups is 2. The van der Waals surface area contributed by atoms with Crippen LogP contribution in [0.25, 0.3) is 0 Å². The second-order valence-electron chi connectivity index (χ2n) is 10.5. The fourth-order valence-electron chi connectivity index (χ4n) is 4.68. The molecule has 0 aromatic heterocycles. The normalized spacial score (nSPS) is 22.5. The van der Waals surface area contributed by atoms with Gasteiger partial charge in [-0.15, -0.1) is 0 Å². The Balaban J connectivity index is 1.69. The molecule has 2 aromatic rings. The highest BCUT2D eigenvalue weighted by Gasteiger charge is 2.50. The van der Waals surface area contributed by atoms with Crippen molar-refractivity contribution in [2.75, 3.05) is 16.4 Å². The van der Waals surface area contributed by atoms with Crippen molar-refractivity contribution in [3.05, 3.63) is 65.2 Å². The molecule has 2 aromatic carbocycles. The van der Waals surface area contributed by atoms with E-state index in [0.717, 1.165) is 22.4 Å². The molecule has 37 heavy (non-hydrogen) atoms. The van der Waals surface area contributed by atoms with Gasteiger partial charge in [-0.1, -0.05) is 60.3 Å². The smallest absolute Gasteiger partial charge is 0.408 e. The molecule has 0 aliphatic carbocycles. The van der Waals surface area contributed by atoms with Crippen LogP contribution >= 0.6 is 11.8 Å². The number of amides is 2. The molecule has 0 radical (unpaired) electrons. The number of carbonyl (C=O) groups excluding carboxylic acids is 2. The minimum absolute atomic E-state index is 0.00918. The number of alkyl carbamates (subject to hydrolysis) is 1. The van der Waals surface area contributed by atoms with Gasteiger partial charge < -0.3 is 15.0 Å². The number of amidine groups is 1. The number of hydrogen-bond acceptors (Lipinski definition) is 6. The summed E-state index contributed by atoms with van der Waals surface area (Å²) >= 11 is 1.32. The number of ether oxygens (including phenoxy) is 1. The van der Waals surface area contributed by atoms with E-state index < -0.39 is 33.5 Å². The highest BCUT2D eigenvalue weighted by atomic mass is 32.2. The summed E-state index contributed by atoms with van der Waals surface area (Å²) in [5.74, 6) is -0.466. The molecule has 2 aliphatic heterocycles. The molecule has 0 bridgehead atoms. The lowest BCUT2D eigenvalue weighted by atomic mass is 10.1. The maximum atomic E-state index is 13.6. The zero-order valence-electron chi connectivity index (χ0n) is 21.7. The molecule has 2 fully saturated rings. The molecular weight excluding hydrogens is 510 g/mol. The topological polar surface area (TPSA) is 105 Å². The zero-order chi connectivity index (χ0) is 27.0. The summed E-state index contributed by atoms with van der Waals surface area (Å²) in [5.41, 5.74) is 2.95. The molecular formula is C27H33N3O5S2. The van der Waals surface area contributed by atoms with E-state index in [1.807, 2.05) is 67.3 Å². The van der Waals surface area contributed by atoms with Crippen LogP contribution in [0.5, 0.6) is 0 Å². The van der Waals surface area contributed by atoms with Gasteiger partial charge >= 0.3 is 6.09 Å². The van der Waals surface area contributed by atoms with E-state index in [9.17, 15) is 18.0 Å². The number of nitrogens with one attached hydrogen (secondary N) is 1. The molecule has 198 valence electrons. The molecule has 2 saturated heterocycles. The molecule has 3 atom stereocenters. The molecule has 10 heteroatoms. The maximum Gasteiger partial charge on any atom is 0.408 e. The van der Waals surface area contributed by atoms with E-state index in [-0.39, 0.29) is 29.2 Å². The van der Waals surface area contributed by atoms with E-state index in [1.165, 1.54) is 11.8 Å². The fraction of sp³-hybridized carbons (Fsp3) is 0.444. The Hall–Kier alpha value is -2.85. The quantitative estimate of drug-likeness (QED) is 0.607. The van der Waals surface area contributed by atoms with Gasteiger partial charge in [-0.05, 0) is 51.3 Å². The predicted molar refractivity (Wildman–Crippen MR) is 148 cm³/mol. The van der Waals surface area contributed by atoms with Gasteiger partial charge in [0.2, 0.25) is 0 Å². The lowest BCUT2D eigenvalue weighted by Gasteiger charge is -2.28. The van der Waals surface area contributed by atoms with Crippen molar-refractivity contribution in [1.82, 2.24) is 5.32 Å². The van der Waals surface area contributed by atoms with Crippen LogP contribution in [0.4, 0.5) is 10.5 Å². The third-order valence-corrected chi connectivity index (χ3v) is 9.43. The number of para-hydroxylation sites is 1. The first kappa shape index (κ1) is 27.2. The van der Waals surface area contributed by atoms with Gasteiger partial charge in [0, 0.05) is 17.4 Å². The van der Waals surface area contributed by atoms with Crippen molar-refractivity contribution in [3.63, 3.8) is 0 Å². The van der Waals surface area contributed by atoms with Crippen molar-refractivity contribution in [3.8, 4) is 0 Å².